The van der Waals surface area contributed by atoms with Crippen molar-refractivity contribution in [3.05, 3.63) is 72.2 Å². The average Bonchev–Trinajstić information content (AvgIpc) is 3.36. The second kappa shape index (κ2) is 10.1. The van der Waals surface area contributed by atoms with Crippen LogP contribution in [0.4, 0.5) is 11.4 Å². The maximum Gasteiger partial charge on any atom is 0.253 e. The van der Waals surface area contributed by atoms with E-state index in [2.05, 4.69) is 10.6 Å². The van der Waals surface area contributed by atoms with Crippen LogP contribution in [0.3, 0.4) is 0 Å². The number of rotatable bonds is 8. The predicted octanol–water partition coefficient (Wildman–Crippen LogP) is 2.77. The van der Waals surface area contributed by atoms with Gasteiger partial charge in [-0.1, -0.05) is 12.1 Å². The van der Waals surface area contributed by atoms with Gasteiger partial charge in [0.25, 0.3) is 5.91 Å². The summed E-state index contributed by atoms with van der Waals surface area (Å²) in [7, 11) is -3.85. The molecule has 1 aromatic heterocycles. The van der Waals surface area contributed by atoms with Crippen LogP contribution in [0.25, 0.3) is 0 Å². The number of carbonyl (C=O) groups excluding carboxylic acids is 2. The largest absolute Gasteiger partial charge is 0.486 e. The fourth-order valence-corrected chi connectivity index (χ4v) is 4.85. The molecule has 2 N–H and O–H groups in total. The summed E-state index contributed by atoms with van der Waals surface area (Å²) in [6.45, 7) is 2.38. The first-order valence-electron chi connectivity index (χ1n) is 10.8. The number of fused-ring (bicyclic) bond motifs is 1. The smallest absolute Gasteiger partial charge is 0.253 e. The SMILES string of the molecule is C[C@H](C(=O)Nc1ccccc1C(=O)NCc1ccco1)N(c1ccc2c(c1)OCCO2)S(C)(=O)=O. The number of sulfonamides is 1. The van der Waals surface area contributed by atoms with Gasteiger partial charge < -0.3 is 24.5 Å². The molecule has 2 amide bonds. The molecule has 4 rings (SSSR count). The van der Waals surface area contributed by atoms with E-state index in [0.29, 0.717) is 30.5 Å². The van der Waals surface area contributed by atoms with Gasteiger partial charge in [0, 0.05) is 6.07 Å². The highest BCUT2D eigenvalue weighted by Gasteiger charge is 2.31. The molecule has 0 spiro atoms. The van der Waals surface area contributed by atoms with E-state index in [0.717, 1.165) is 10.6 Å². The van der Waals surface area contributed by atoms with E-state index in [9.17, 15) is 18.0 Å². The van der Waals surface area contributed by atoms with Gasteiger partial charge in [0.2, 0.25) is 15.9 Å². The molecule has 11 heteroatoms. The number of hydrogen-bond donors (Lipinski definition) is 2. The molecular formula is C24H25N3O7S. The van der Waals surface area contributed by atoms with E-state index >= 15 is 0 Å². The fraction of sp³-hybridized carbons (Fsp3) is 0.250. The molecule has 10 nitrogen and oxygen atoms in total. The maximum atomic E-state index is 13.2. The lowest BCUT2D eigenvalue weighted by Gasteiger charge is -2.29. The van der Waals surface area contributed by atoms with Crippen LogP contribution in [-0.4, -0.2) is 45.7 Å². The third-order valence-corrected chi connectivity index (χ3v) is 6.54. The van der Waals surface area contributed by atoms with Crippen LogP contribution in [0, 0.1) is 0 Å². The number of ether oxygens (including phenoxy) is 2. The third-order valence-electron chi connectivity index (χ3n) is 5.30. The quantitative estimate of drug-likeness (QED) is 0.488. The third kappa shape index (κ3) is 5.57. The molecule has 0 saturated carbocycles. The van der Waals surface area contributed by atoms with Crippen molar-refractivity contribution in [3.8, 4) is 11.5 Å². The number of anilines is 2. The van der Waals surface area contributed by atoms with Crippen molar-refractivity contribution in [1.82, 2.24) is 5.32 Å². The summed E-state index contributed by atoms with van der Waals surface area (Å²) in [5.74, 6) is 0.443. The second-order valence-corrected chi connectivity index (χ2v) is 9.72. The molecule has 35 heavy (non-hydrogen) atoms. The summed E-state index contributed by atoms with van der Waals surface area (Å²) in [5.41, 5.74) is 0.727. The van der Waals surface area contributed by atoms with Gasteiger partial charge in [0.15, 0.2) is 11.5 Å². The van der Waals surface area contributed by atoms with Gasteiger partial charge in [-0.2, -0.15) is 0 Å². The van der Waals surface area contributed by atoms with Gasteiger partial charge >= 0.3 is 0 Å². The fourth-order valence-electron chi connectivity index (χ4n) is 3.68. The minimum absolute atomic E-state index is 0.177. The van der Waals surface area contributed by atoms with Crippen LogP contribution in [0.2, 0.25) is 0 Å². The Labute approximate surface area is 202 Å². The lowest BCUT2D eigenvalue weighted by molar-refractivity contribution is -0.116. The van der Waals surface area contributed by atoms with E-state index in [1.165, 1.54) is 19.3 Å². The number of nitrogens with zero attached hydrogens (tertiary/aromatic N) is 1. The van der Waals surface area contributed by atoms with Crippen LogP contribution >= 0.6 is 0 Å². The molecule has 0 bridgehead atoms. The molecule has 0 aliphatic carbocycles. The topological polar surface area (TPSA) is 127 Å². The summed E-state index contributed by atoms with van der Waals surface area (Å²) in [6, 6.07) is 13.5. The van der Waals surface area contributed by atoms with Crippen LogP contribution in [0.5, 0.6) is 11.5 Å². The number of carbonyl (C=O) groups is 2. The van der Waals surface area contributed by atoms with Crippen LogP contribution in [0.15, 0.2) is 65.3 Å². The van der Waals surface area contributed by atoms with Crippen molar-refractivity contribution in [1.29, 1.82) is 0 Å². The zero-order valence-electron chi connectivity index (χ0n) is 19.2. The van der Waals surface area contributed by atoms with Gasteiger partial charge in [-0.25, -0.2) is 8.42 Å². The highest BCUT2D eigenvalue weighted by atomic mass is 32.2. The van der Waals surface area contributed by atoms with E-state index < -0.39 is 27.9 Å². The first-order valence-corrected chi connectivity index (χ1v) is 12.7. The minimum atomic E-state index is -3.85. The lowest BCUT2D eigenvalue weighted by atomic mass is 10.1. The Balaban J connectivity index is 1.54. The normalized spacial score (nSPS) is 13.5. The molecule has 0 unspecified atom stereocenters. The number of nitrogens with one attached hydrogen (secondary N) is 2. The molecule has 0 fully saturated rings. The van der Waals surface area contributed by atoms with Gasteiger partial charge in [-0.05, 0) is 43.3 Å². The predicted molar refractivity (Wildman–Crippen MR) is 129 cm³/mol. The molecule has 2 aromatic carbocycles. The van der Waals surface area contributed by atoms with Crippen molar-refractivity contribution in [2.24, 2.45) is 0 Å². The molecule has 0 radical (unpaired) electrons. The monoisotopic (exact) mass is 499 g/mol. The highest BCUT2D eigenvalue weighted by molar-refractivity contribution is 7.92. The zero-order chi connectivity index (χ0) is 25.0. The van der Waals surface area contributed by atoms with Crippen molar-refractivity contribution < 1.29 is 31.9 Å². The molecule has 1 aliphatic heterocycles. The Kier molecular flexibility index (Phi) is 6.97. The van der Waals surface area contributed by atoms with Crippen molar-refractivity contribution >= 4 is 33.2 Å². The number of benzene rings is 2. The minimum Gasteiger partial charge on any atom is -0.486 e. The first-order chi connectivity index (χ1) is 16.7. The maximum absolute atomic E-state index is 13.2. The van der Waals surface area contributed by atoms with Gasteiger partial charge in [-0.3, -0.25) is 13.9 Å². The average molecular weight is 500 g/mol. The molecule has 184 valence electrons. The number of furan rings is 1. The molecule has 0 saturated heterocycles. The summed E-state index contributed by atoms with van der Waals surface area (Å²) in [6.07, 6.45) is 2.52. The lowest BCUT2D eigenvalue weighted by Crippen LogP contribution is -2.45. The molecule has 3 aromatic rings. The molecular weight excluding hydrogens is 474 g/mol. The van der Waals surface area contributed by atoms with Gasteiger partial charge in [-0.15, -0.1) is 0 Å². The second-order valence-electron chi connectivity index (χ2n) is 7.86. The number of para-hydroxylation sites is 1. The number of amides is 2. The van der Waals surface area contributed by atoms with E-state index in [1.807, 2.05) is 0 Å². The van der Waals surface area contributed by atoms with Gasteiger partial charge in [0.1, 0.15) is 25.0 Å². The molecule has 1 aliphatic rings. The van der Waals surface area contributed by atoms with Gasteiger partial charge in [0.05, 0.1) is 36.0 Å². The Morgan fingerprint density at radius 2 is 1.77 bits per heavy atom. The van der Waals surface area contributed by atoms with Crippen molar-refractivity contribution in [2.45, 2.75) is 19.5 Å². The van der Waals surface area contributed by atoms with Crippen LogP contribution < -0.4 is 24.4 Å². The van der Waals surface area contributed by atoms with Crippen LogP contribution in [0.1, 0.15) is 23.0 Å². The molecule has 2 heterocycles. The van der Waals surface area contributed by atoms with E-state index in [-0.39, 0.29) is 23.5 Å². The Bertz CT molecular complexity index is 1320. The zero-order valence-corrected chi connectivity index (χ0v) is 20.0. The van der Waals surface area contributed by atoms with E-state index in [1.54, 1.807) is 48.5 Å². The molecule has 1 atom stereocenters. The highest BCUT2D eigenvalue weighted by Crippen LogP contribution is 2.35. The Morgan fingerprint density at radius 1 is 1.03 bits per heavy atom. The van der Waals surface area contributed by atoms with Crippen LogP contribution in [-0.2, 0) is 21.4 Å². The summed E-state index contributed by atoms with van der Waals surface area (Å²) < 4.78 is 42.6. The first kappa shape index (κ1) is 24.1. The van der Waals surface area contributed by atoms with Crippen molar-refractivity contribution in [2.75, 3.05) is 29.1 Å². The summed E-state index contributed by atoms with van der Waals surface area (Å²) >= 11 is 0. The summed E-state index contributed by atoms with van der Waals surface area (Å²) in [5, 5.41) is 5.41. The Hall–Kier alpha value is -3.99. The number of hydrogen-bond acceptors (Lipinski definition) is 7. The van der Waals surface area contributed by atoms with Crippen molar-refractivity contribution in [3.63, 3.8) is 0 Å². The Morgan fingerprint density at radius 3 is 2.49 bits per heavy atom. The summed E-state index contributed by atoms with van der Waals surface area (Å²) in [4.78, 5) is 25.9. The standard InChI is InChI=1S/C24H25N3O7S/c1-16(27(35(2,30)31)17-9-10-21-22(14-17)34-13-12-33-21)23(28)26-20-8-4-3-7-19(20)24(29)25-15-18-6-5-11-32-18/h3-11,14,16H,12-13,15H2,1-2H3,(H,25,29)(H,26,28)/t16-/m1/s1. The van der Waals surface area contributed by atoms with E-state index in [4.69, 9.17) is 13.9 Å².